The molecule has 0 bridgehead atoms. The minimum absolute atomic E-state index is 0.000921. The number of hydrogen-bond acceptors (Lipinski definition) is 3. The average Bonchev–Trinajstić information content (AvgIpc) is 2.53. The topological polar surface area (TPSA) is 55.4 Å². The minimum atomic E-state index is -0.780. The molecule has 0 radical (unpaired) electrons. The van der Waals surface area contributed by atoms with E-state index in [4.69, 9.17) is 4.74 Å². The second-order valence-corrected chi connectivity index (χ2v) is 5.64. The molecule has 0 heterocycles. The Morgan fingerprint density at radius 3 is 2.50 bits per heavy atom. The molecule has 0 aliphatic heterocycles. The van der Waals surface area contributed by atoms with Crippen LogP contribution in [0.2, 0.25) is 0 Å². The van der Waals surface area contributed by atoms with Crippen LogP contribution in [-0.2, 0) is 27.2 Å². The molecule has 4 nitrogen and oxygen atoms in total. The molecule has 0 aliphatic rings. The molecule has 24 heavy (non-hydrogen) atoms. The van der Waals surface area contributed by atoms with Gasteiger partial charge in [-0.05, 0) is 30.2 Å². The van der Waals surface area contributed by atoms with Gasteiger partial charge in [0.1, 0.15) is 11.9 Å². The summed E-state index contributed by atoms with van der Waals surface area (Å²) in [5.41, 5.74) is 2.55. The molecule has 0 aliphatic carbocycles. The number of ether oxygens (including phenoxy) is 1. The van der Waals surface area contributed by atoms with Crippen molar-refractivity contribution in [2.75, 3.05) is 7.11 Å². The molecule has 1 N–H and O–H groups in total. The minimum Gasteiger partial charge on any atom is -0.467 e. The van der Waals surface area contributed by atoms with Crippen LogP contribution in [0.15, 0.2) is 48.5 Å². The maximum Gasteiger partial charge on any atom is 0.328 e. The van der Waals surface area contributed by atoms with E-state index < -0.39 is 17.8 Å². The first-order valence-corrected chi connectivity index (χ1v) is 7.65. The summed E-state index contributed by atoms with van der Waals surface area (Å²) in [6.45, 7) is 1.96. The summed E-state index contributed by atoms with van der Waals surface area (Å²) in [6, 6.07) is 12.7. The zero-order chi connectivity index (χ0) is 17.5. The van der Waals surface area contributed by atoms with Crippen LogP contribution in [0.3, 0.4) is 0 Å². The number of benzene rings is 2. The quantitative estimate of drug-likeness (QED) is 0.829. The highest BCUT2D eigenvalue weighted by atomic mass is 19.1. The molecule has 5 heteroatoms. The van der Waals surface area contributed by atoms with E-state index in [1.807, 2.05) is 31.2 Å². The summed E-state index contributed by atoms with van der Waals surface area (Å²) < 4.78 is 18.0. The maximum atomic E-state index is 13.2. The van der Waals surface area contributed by atoms with Crippen LogP contribution >= 0.6 is 0 Å². The fourth-order valence-electron chi connectivity index (χ4n) is 2.49. The molecule has 0 aromatic heterocycles. The highest BCUT2D eigenvalue weighted by Crippen LogP contribution is 2.09. The van der Waals surface area contributed by atoms with Crippen molar-refractivity contribution in [2.24, 2.45) is 0 Å². The van der Waals surface area contributed by atoms with E-state index in [-0.39, 0.29) is 12.3 Å². The molecular weight excluding hydrogens is 309 g/mol. The molecule has 2 aromatic carbocycles. The largest absolute Gasteiger partial charge is 0.467 e. The van der Waals surface area contributed by atoms with Crippen LogP contribution in [0.1, 0.15) is 16.7 Å². The third kappa shape index (κ3) is 5.19. The van der Waals surface area contributed by atoms with Gasteiger partial charge < -0.3 is 10.1 Å². The fraction of sp³-hybridized carbons (Fsp3) is 0.263. The van der Waals surface area contributed by atoms with Gasteiger partial charge in [0.2, 0.25) is 5.91 Å². The van der Waals surface area contributed by atoms with Crippen molar-refractivity contribution in [3.63, 3.8) is 0 Å². The Labute approximate surface area is 140 Å². The van der Waals surface area contributed by atoms with Gasteiger partial charge in [0.15, 0.2) is 0 Å². The highest BCUT2D eigenvalue weighted by Gasteiger charge is 2.22. The first-order chi connectivity index (χ1) is 11.5. The predicted molar refractivity (Wildman–Crippen MR) is 88.9 cm³/mol. The van der Waals surface area contributed by atoms with Crippen molar-refractivity contribution in [2.45, 2.75) is 25.8 Å². The van der Waals surface area contributed by atoms with E-state index in [2.05, 4.69) is 5.32 Å². The van der Waals surface area contributed by atoms with Crippen LogP contribution < -0.4 is 5.32 Å². The number of carbonyl (C=O) groups is 2. The lowest BCUT2D eigenvalue weighted by molar-refractivity contribution is -0.145. The van der Waals surface area contributed by atoms with Gasteiger partial charge in [0.05, 0.1) is 13.5 Å². The molecule has 0 fully saturated rings. The predicted octanol–water partition coefficient (Wildman–Crippen LogP) is 2.58. The summed E-state index contributed by atoms with van der Waals surface area (Å²) in [4.78, 5) is 24.1. The summed E-state index contributed by atoms with van der Waals surface area (Å²) >= 11 is 0. The molecule has 0 spiro atoms. The average molecular weight is 329 g/mol. The third-order valence-corrected chi connectivity index (χ3v) is 3.60. The number of methoxy groups -OCH3 is 1. The normalized spacial score (nSPS) is 11.6. The Bertz CT molecular complexity index is 730. The molecule has 2 aromatic rings. The third-order valence-electron chi connectivity index (χ3n) is 3.60. The highest BCUT2D eigenvalue weighted by molar-refractivity contribution is 5.85. The van der Waals surface area contributed by atoms with Crippen LogP contribution in [0.5, 0.6) is 0 Å². The van der Waals surface area contributed by atoms with Crippen molar-refractivity contribution < 1.29 is 18.7 Å². The van der Waals surface area contributed by atoms with E-state index in [1.54, 1.807) is 12.1 Å². The number of nitrogens with one attached hydrogen (secondary N) is 1. The number of amides is 1. The SMILES string of the molecule is COC(=O)[C@H](Cc1cccc(C)c1)NC(=O)Cc1cccc(F)c1. The van der Waals surface area contributed by atoms with Crippen LogP contribution in [-0.4, -0.2) is 25.0 Å². The Morgan fingerprint density at radius 2 is 1.83 bits per heavy atom. The van der Waals surface area contributed by atoms with E-state index >= 15 is 0 Å². The summed E-state index contributed by atoms with van der Waals surface area (Å²) in [6.07, 6.45) is 0.336. The van der Waals surface area contributed by atoms with Gasteiger partial charge in [0.25, 0.3) is 0 Å². The van der Waals surface area contributed by atoms with E-state index in [1.165, 1.54) is 19.2 Å². The van der Waals surface area contributed by atoms with Gasteiger partial charge in [-0.2, -0.15) is 0 Å². The Balaban J connectivity index is 2.05. The van der Waals surface area contributed by atoms with Crippen LogP contribution in [0.4, 0.5) is 4.39 Å². The van der Waals surface area contributed by atoms with Gasteiger partial charge in [-0.25, -0.2) is 9.18 Å². The molecule has 1 amide bonds. The van der Waals surface area contributed by atoms with Crippen molar-refractivity contribution >= 4 is 11.9 Å². The number of rotatable bonds is 6. The summed E-state index contributed by atoms with van der Waals surface area (Å²) in [5.74, 6) is -1.27. The number of halogens is 1. The number of carbonyl (C=O) groups excluding carboxylic acids is 2. The van der Waals surface area contributed by atoms with Crippen LogP contribution in [0.25, 0.3) is 0 Å². The van der Waals surface area contributed by atoms with Crippen molar-refractivity contribution in [3.05, 3.63) is 71.0 Å². The van der Waals surface area contributed by atoms with E-state index in [0.29, 0.717) is 12.0 Å². The lowest BCUT2D eigenvalue weighted by Crippen LogP contribution is -2.43. The second-order valence-electron chi connectivity index (χ2n) is 5.64. The van der Waals surface area contributed by atoms with Gasteiger partial charge in [-0.15, -0.1) is 0 Å². The first kappa shape index (κ1) is 17.7. The molecular formula is C19H20FNO3. The van der Waals surface area contributed by atoms with Crippen molar-refractivity contribution in [3.8, 4) is 0 Å². The Kier molecular flexibility index (Phi) is 6.07. The molecule has 0 unspecified atom stereocenters. The lowest BCUT2D eigenvalue weighted by atomic mass is 10.0. The van der Waals surface area contributed by atoms with Gasteiger partial charge >= 0.3 is 5.97 Å². The van der Waals surface area contributed by atoms with Crippen molar-refractivity contribution in [1.29, 1.82) is 0 Å². The van der Waals surface area contributed by atoms with E-state index in [9.17, 15) is 14.0 Å². The zero-order valence-corrected chi connectivity index (χ0v) is 13.7. The molecule has 2 rings (SSSR count). The number of aryl methyl sites for hydroxylation is 1. The lowest BCUT2D eigenvalue weighted by Gasteiger charge is -2.17. The molecule has 0 saturated carbocycles. The Hall–Kier alpha value is -2.69. The van der Waals surface area contributed by atoms with Gasteiger partial charge in [-0.1, -0.05) is 42.0 Å². The summed E-state index contributed by atoms with van der Waals surface area (Å²) in [5, 5.41) is 2.67. The Morgan fingerprint density at radius 1 is 1.12 bits per heavy atom. The smallest absolute Gasteiger partial charge is 0.328 e. The first-order valence-electron chi connectivity index (χ1n) is 7.65. The number of hydrogen-bond donors (Lipinski definition) is 1. The molecule has 0 saturated heterocycles. The second kappa shape index (κ2) is 8.24. The zero-order valence-electron chi connectivity index (χ0n) is 13.7. The molecule has 126 valence electrons. The number of esters is 1. The maximum absolute atomic E-state index is 13.2. The van der Waals surface area contributed by atoms with Gasteiger partial charge in [-0.3, -0.25) is 4.79 Å². The van der Waals surface area contributed by atoms with Crippen molar-refractivity contribution in [1.82, 2.24) is 5.32 Å². The summed E-state index contributed by atoms with van der Waals surface area (Å²) in [7, 11) is 1.28. The molecule has 1 atom stereocenters. The van der Waals surface area contributed by atoms with E-state index in [0.717, 1.165) is 11.1 Å². The van der Waals surface area contributed by atoms with Gasteiger partial charge in [0, 0.05) is 6.42 Å². The monoisotopic (exact) mass is 329 g/mol. The standard InChI is InChI=1S/C19H20FNO3/c1-13-5-3-6-14(9-13)11-17(19(23)24-2)21-18(22)12-15-7-4-8-16(20)10-15/h3-10,17H,11-12H2,1-2H3,(H,21,22)/t17-/m0/s1. The van der Waals surface area contributed by atoms with Crippen LogP contribution in [0, 0.1) is 12.7 Å². The fourth-order valence-corrected chi connectivity index (χ4v) is 2.49.